The summed E-state index contributed by atoms with van der Waals surface area (Å²) in [7, 11) is 1.60. The molecule has 1 aliphatic heterocycles. The molecule has 6 heteroatoms. The van der Waals surface area contributed by atoms with Crippen LogP contribution in [0.15, 0.2) is 65.7 Å². The predicted octanol–water partition coefficient (Wildman–Crippen LogP) is 3.83. The maximum absolute atomic E-state index is 12.8. The van der Waals surface area contributed by atoms with Gasteiger partial charge in [-0.25, -0.2) is 4.79 Å². The van der Waals surface area contributed by atoms with Crippen LogP contribution in [0, 0.1) is 6.92 Å². The van der Waals surface area contributed by atoms with Crippen molar-refractivity contribution < 1.29 is 23.8 Å². The Morgan fingerprint density at radius 2 is 1.93 bits per heavy atom. The minimum Gasteiger partial charge on any atom is -0.496 e. The number of rotatable bonds is 6. The number of methoxy groups -OCH3 is 1. The van der Waals surface area contributed by atoms with E-state index in [1.165, 1.54) is 0 Å². The Balaban J connectivity index is 1.93. The number of benzene rings is 2. The lowest BCUT2D eigenvalue weighted by molar-refractivity contribution is -0.139. The van der Waals surface area contributed by atoms with E-state index in [9.17, 15) is 9.59 Å². The zero-order valence-electron chi connectivity index (χ0n) is 15.9. The fraction of sp³-hybridized carbons (Fsp3) is 0.182. The van der Waals surface area contributed by atoms with Crippen molar-refractivity contribution in [1.82, 2.24) is 0 Å². The molecule has 1 heterocycles. The van der Waals surface area contributed by atoms with Gasteiger partial charge in [-0.3, -0.25) is 4.79 Å². The van der Waals surface area contributed by atoms with E-state index in [-0.39, 0.29) is 23.8 Å². The molecule has 0 saturated carbocycles. The first-order valence-electron chi connectivity index (χ1n) is 8.85. The normalized spacial score (nSPS) is 14.8. The molecular weight excluding hydrogens is 358 g/mol. The monoisotopic (exact) mass is 379 g/mol. The molecule has 28 heavy (non-hydrogen) atoms. The van der Waals surface area contributed by atoms with Gasteiger partial charge in [-0.2, -0.15) is 0 Å². The van der Waals surface area contributed by atoms with Crippen molar-refractivity contribution in [2.75, 3.05) is 19.0 Å². The smallest absolute Gasteiger partial charge is 0.347 e. The van der Waals surface area contributed by atoms with Gasteiger partial charge >= 0.3 is 5.97 Å². The lowest BCUT2D eigenvalue weighted by Gasteiger charge is -2.08. The Hall–Kier alpha value is -3.54. The van der Waals surface area contributed by atoms with E-state index in [0.717, 1.165) is 16.9 Å². The summed E-state index contributed by atoms with van der Waals surface area (Å²) < 4.78 is 16.0. The van der Waals surface area contributed by atoms with Crippen molar-refractivity contribution in [2.24, 2.45) is 0 Å². The number of anilines is 1. The first-order chi connectivity index (χ1) is 13.5. The lowest BCUT2D eigenvalue weighted by atomic mass is 10.1. The van der Waals surface area contributed by atoms with Gasteiger partial charge in [-0.15, -0.1) is 0 Å². The molecule has 0 fully saturated rings. The summed E-state index contributed by atoms with van der Waals surface area (Å²) >= 11 is 0. The van der Waals surface area contributed by atoms with Crippen LogP contribution in [-0.2, 0) is 19.1 Å². The molecule has 0 unspecified atom stereocenters. The van der Waals surface area contributed by atoms with E-state index in [4.69, 9.17) is 14.2 Å². The number of nitrogens with one attached hydrogen (secondary N) is 1. The maximum atomic E-state index is 12.8. The number of ketones is 1. The van der Waals surface area contributed by atoms with Gasteiger partial charge in [0.15, 0.2) is 11.3 Å². The third-order valence-corrected chi connectivity index (χ3v) is 4.12. The quantitative estimate of drug-likeness (QED) is 0.467. The third kappa shape index (κ3) is 4.06. The molecule has 0 bridgehead atoms. The Labute approximate surface area is 163 Å². The summed E-state index contributed by atoms with van der Waals surface area (Å²) in [4.78, 5) is 25.1. The fourth-order valence-corrected chi connectivity index (χ4v) is 2.80. The average Bonchev–Trinajstić information content (AvgIpc) is 2.98. The van der Waals surface area contributed by atoms with Crippen molar-refractivity contribution in [3.8, 4) is 5.75 Å². The number of carbonyl (C=O) groups excluding carboxylic acids is 2. The van der Waals surface area contributed by atoms with Gasteiger partial charge in [0, 0.05) is 5.69 Å². The van der Waals surface area contributed by atoms with Crippen LogP contribution < -0.4 is 10.1 Å². The van der Waals surface area contributed by atoms with Crippen LogP contribution >= 0.6 is 0 Å². The van der Waals surface area contributed by atoms with Gasteiger partial charge in [-0.05, 0) is 55.3 Å². The molecule has 3 rings (SSSR count). The van der Waals surface area contributed by atoms with E-state index in [1.807, 2.05) is 43.3 Å². The molecule has 0 atom stereocenters. The molecule has 0 spiro atoms. The van der Waals surface area contributed by atoms with Crippen LogP contribution in [0.3, 0.4) is 0 Å². The molecule has 0 aliphatic carbocycles. The van der Waals surface area contributed by atoms with Crippen LogP contribution in [0.5, 0.6) is 5.75 Å². The van der Waals surface area contributed by atoms with Crippen molar-refractivity contribution in [1.29, 1.82) is 0 Å². The highest BCUT2D eigenvalue weighted by Gasteiger charge is 2.37. The summed E-state index contributed by atoms with van der Waals surface area (Å²) in [6.45, 7) is 3.74. The molecule has 2 aromatic rings. The number of Topliss-reactive ketones (excluding diaryl/α,β-unsaturated/α-hetero) is 1. The predicted molar refractivity (Wildman–Crippen MR) is 106 cm³/mol. The molecule has 0 saturated heterocycles. The fourth-order valence-electron chi connectivity index (χ4n) is 2.80. The molecule has 0 radical (unpaired) electrons. The SMILES string of the molecule is CCOC(=O)C1=C(Nc2ccccc2)O/C(=C\c2ccc(OC)c(C)c2)C1=O. The zero-order valence-corrected chi connectivity index (χ0v) is 15.9. The molecule has 2 aromatic carbocycles. The highest BCUT2D eigenvalue weighted by Crippen LogP contribution is 2.29. The molecular formula is C22H21NO5. The second kappa shape index (κ2) is 8.43. The summed E-state index contributed by atoms with van der Waals surface area (Å²) in [6.07, 6.45) is 1.59. The van der Waals surface area contributed by atoms with E-state index >= 15 is 0 Å². The second-order valence-corrected chi connectivity index (χ2v) is 6.08. The minimum absolute atomic E-state index is 0.0473. The van der Waals surface area contributed by atoms with Crippen molar-refractivity contribution in [3.05, 3.63) is 76.9 Å². The van der Waals surface area contributed by atoms with Gasteiger partial charge < -0.3 is 19.5 Å². The largest absolute Gasteiger partial charge is 0.496 e. The van der Waals surface area contributed by atoms with Crippen molar-refractivity contribution in [2.45, 2.75) is 13.8 Å². The van der Waals surface area contributed by atoms with Crippen LogP contribution in [0.1, 0.15) is 18.1 Å². The maximum Gasteiger partial charge on any atom is 0.347 e. The molecule has 144 valence electrons. The standard InChI is InChI=1S/C22H21NO5/c1-4-27-22(25)19-20(24)18(13-15-10-11-17(26-3)14(2)12-15)28-21(19)23-16-8-6-5-7-9-16/h5-13,23H,4H2,1-3H3/b18-13-. The van der Waals surface area contributed by atoms with E-state index < -0.39 is 11.8 Å². The number of esters is 1. The van der Waals surface area contributed by atoms with Crippen LogP contribution in [-0.4, -0.2) is 25.5 Å². The first kappa shape index (κ1) is 19.2. The Kier molecular flexibility index (Phi) is 5.79. The van der Waals surface area contributed by atoms with Gasteiger partial charge in [0.05, 0.1) is 13.7 Å². The molecule has 1 aliphatic rings. The highest BCUT2D eigenvalue weighted by atomic mass is 16.5. The summed E-state index contributed by atoms with van der Waals surface area (Å²) in [5, 5.41) is 2.98. The van der Waals surface area contributed by atoms with Crippen LogP contribution in [0.4, 0.5) is 5.69 Å². The van der Waals surface area contributed by atoms with Crippen molar-refractivity contribution in [3.63, 3.8) is 0 Å². The number of ether oxygens (including phenoxy) is 3. The van der Waals surface area contributed by atoms with Crippen LogP contribution in [0.2, 0.25) is 0 Å². The Morgan fingerprint density at radius 3 is 2.57 bits per heavy atom. The van der Waals surface area contributed by atoms with Gasteiger partial charge in [0.2, 0.25) is 11.7 Å². The Bertz CT molecular complexity index is 960. The molecule has 0 aromatic heterocycles. The number of allylic oxidation sites excluding steroid dienone is 1. The summed E-state index contributed by atoms with van der Waals surface area (Å²) in [5.41, 5.74) is 2.21. The highest BCUT2D eigenvalue weighted by molar-refractivity contribution is 6.26. The number of aryl methyl sites for hydroxylation is 1. The summed E-state index contributed by atoms with van der Waals surface area (Å²) in [5.74, 6) is -0.389. The molecule has 6 nitrogen and oxygen atoms in total. The third-order valence-electron chi connectivity index (χ3n) is 4.12. The molecule has 1 N–H and O–H groups in total. The van der Waals surface area contributed by atoms with E-state index in [1.54, 1.807) is 32.2 Å². The topological polar surface area (TPSA) is 73.9 Å². The second-order valence-electron chi connectivity index (χ2n) is 6.08. The van der Waals surface area contributed by atoms with Crippen LogP contribution in [0.25, 0.3) is 6.08 Å². The number of carbonyl (C=O) groups is 2. The minimum atomic E-state index is -0.722. The van der Waals surface area contributed by atoms with Crippen molar-refractivity contribution >= 4 is 23.5 Å². The van der Waals surface area contributed by atoms with Gasteiger partial charge in [0.1, 0.15) is 5.75 Å². The molecule has 0 amide bonds. The number of hydrogen-bond acceptors (Lipinski definition) is 6. The van der Waals surface area contributed by atoms with Gasteiger partial charge in [-0.1, -0.05) is 24.3 Å². The number of para-hydroxylation sites is 1. The van der Waals surface area contributed by atoms with E-state index in [0.29, 0.717) is 5.69 Å². The van der Waals surface area contributed by atoms with E-state index in [2.05, 4.69) is 5.32 Å². The number of hydrogen-bond donors (Lipinski definition) is 1. The summed E-state index contributed by atoms with van der Waals surface area (Å²) in [6, 6.07) is 14.6. The zero-order chi connectivity index (χ0) is 20.1. The van der Waals surface area contributed by atoms with Gasteiger partial charge in [0.25, 0.3) is 0 Å². The Morgan fingerprint density at radius 1 is 1.18 bits per heavy atom. The first-order valence-corrected chi connectivity index (χ1v) is 8.85. The average molecular weight is 379 g/mol. The lowest BCUT2D eigenvalue weighted by Crippen LogP contribution is -2.16.